The molecule has 1 aliphatic rings. The van der Waals surface area contributed by atoms with Gasteiger partial charge in [-0.1, -0.05) is 13.0 Å². The summed E-state index contributed by atoms with van der Waals surface area (Å²) in [6.07, 6.45) is -2.77. The molecule has 1 atom stereocenters. The minimum Gasteiger partial charge on any atom is -0.506 e. The molecule has 10 heteroatoms. The van der Waals surface area contributed by atoms with Crippen LogP contribution in [0, 0.1) is 5.92 Å². The van der Waals surface area contributed by atoms with Gasteiger partial charge in [0.15, 0.2) is 0 Å². The normalized spacial score (nSPS) is 16.2. The molecule has 2 aromatic rings. The average Bonchev–Trinajstić information content (AvgIpc) is 2.74. The second-order valence-corrected chi connectivity index (χ2v) is 9.83. The molecule has 5 nitrogen and oxygen atoms in total. The fourth-order valence-corrected chi connectivity index (χ4v) is 4.81. The van der Waals surface area contributed by atoms with Crippen molar-refractivity contribution in [2.45, 2.75) is 45.3 Å². The van der Waals surface area contributed by atoms with E-state index in [1.165, 1.54) is 6.07 Å². The van der Waals surface area contributed by atoms with Crippen molar-refractivity contribution in [1.29, 1.82) is 0 Å². The summed E-state index contributed by atoms with van der Waals surface area (Å²) in [5, 5.41) is 12.7. The molecule has 1 aliphatic heterocycles. The molecule has 0 saturated carbocycles. The second kappa shape index (κ2) is 9.99. The van der Waals surface area contributed by atoms with Gasteiger partial charge >= 0.3 is 6.18 Å². The quantitative estimate of drug-likeness (QED) is 0.457. The zero-order valence-corrected chi connectivity index (χ0v) is 20.8. The van der Waals surface area contributed by atoms with Gasteiger partial charge in [-0.3, -0.25) is 4.79 Å². The smallest absolute Gasteiger partial charge is 0.433 e. The van der Waals surface area contributed by atoms with Crippen LogP contribution in [0.3, 0.4) is 0 Å². The predicted molar refractivity (Wildman–Crippen MR) is 124 cm³/mol. The van der Waals surface area contributed by atoms with Crippen LogP contribution in [0.5, 0.6) is 5.75 Å². The summed E-state index contributed by atoms with van der Waals surface area (Å²) in [6, 6.07) is 5.66. The zero-order chi connectivity index (χ0) is 23.6. The maximum absolute atomic E-state index is 13.3. The number of hydrogen-bond acceptors (Lipinski definition) is 4. The van der Waals surface area contributed by atoms with Crippen molar-refractivity contribution >= 4 is 43.6 Å². The number of anilines is 1. The van der Waals surface area contributed by atoms with E-state index in [4.69, 9.17) is 0 Å². The highest BCUT2D eigenvalue weighted by Gasteiger charge is 2.34. The predicted octanol–water partition coefficient (Wildman–Crippen LogP) is 5.99. The summed E-state index contributed by atoms with van der Waals surface area (Å²) in [5.41, 5.74) is 0.282. The number of hydrogen-bond donors (Lipinski definition) is 2. The van der Waals surface area contributed by atoms with Crippen molar-refractivity contribution in [3.63, 3.8) is 0 Å². The van der Waals surface area contributed by atoms with E-state index in [0.717, 1.165) is 18.9 Å². The number of piperidine rings is 1. The third-order valence-electron chi connectivity index (χ3n) is 5.72. The number of carbonyl (C=O) groups excluding carboxylic acids is 1. The van der Waals surface area contributed by atoms with Crippen LogP contribution in [0.4, 0.5) is 19.0 Å². The number of amides is 1. The maximum Gasteiger partial charge on any atom is 0.433 e. The second-order valence-electron chi connectivity index (χ2n) is 8.12. The number of benzene rings is 1. The molecule has 3 rings (SSSR count). The van der Waals surface area contributed by atoms with Gasteiger partial charge in [-0.2, -0.15) is 13.2 Å². The topological polar surface area (TPSA) is 65.5 Å². The molecule has 0 aliphatic carbocycles. The fourth-order valence-electron chi connectivity index (χ4n) is 3.59. The number of nitrogens with zero attached hydrogens (tertiary/aromatic N) is 2. The lowest BCUT2D eigenvalue weighted by Gasteiger charge is -2.33. The largest absolute Gasteiger partial charge is 0.506 e. The third kappa shape index (κ3) is 5.75. The Morgan fingerprint density at radius 1 is 1.25 bits per heavy atom. The first kappa shape index (κ1) is 24.8. The van der Waals surface area contributed by atoms with Crippen LogP contribution in [-0.4, -0.2) is 29.1 Å². The number of pyridine rings is 1. The molecular formula is C22H24Br2F3N3O2. The van der Waals surface area contributed by atoms with Crippen molar-refractivity contribution < 1.29 is 23.1 Å². The van der Waals surface area contributed by atoms with Gasteiger partial charge in [0.05, 0.1) is 14.9 Å². The molecule has 174 valence electrons. The van der Waals surface area contributed by atoms with E-state index in [9.17, 15) is 23.1 Å². The molecule has 1 fully saturated rings. The van der Waals surface area contributed by atoms with Gasteiger partial charge in [0.25, 0.3) is 0 Å². The Hall–Kier alpha value is -1.81. The highest BCUT2D eigenvalue weighted by molar-refractivity contribution is 9.11. The SMILES string of the molecule is CC1CCN(c2nc(C(F)(F)F)ccc2CNC(=O)C(C)c2cc(Br)c(O)c(Br)c2)CC1. The molecule has 1 aromatic heterocycles. The van der Waals surface area contributed by atoms with Gasteiger partial charge in [0, 0.05) is 25.2 Å². The molecule has 1 unspecified atom stereocenters. The van der Waals surface area contributed by atoms with Crippen LogP contribution in [0.25, 0.3) is 0 Å². The van der Waals surface area contributed by atoms with Crippen molar-refractivity contribution in [2.75, 3.05) is 18.0 Å². The van der Waals surface area contributed by atoms with Crippen LogP contribution in [0.2, 0.25) is 0 Å². The standard InChI is InChI=1S/C22H24Br2F3N3O2/c1-12-5-7-30(8-6-12)20-14(3-4-18(29-20)22(25,26)27)11-28-21(32)13(2)15-9-16(23)19(31)17(24)10-15/h3-4,9-10,12-13,31H,5-8,11H2,1-2H3,(H,28,32). The van der Waals surface area contributed by atoms with Gasteiger partial charge in [-0.15, -0.1) is 0 Å². The van der Waals surface area contributed by atoms with Crippen LogP contribution < -0.4 is 10.2 Å². The Labute approximate surface area is 201 Å². The summed E-state index contributed by atoms with van der Waals surface area (Å²) in [5.74, 6) is 0.00925. The van der Waals surface area contributed by atoms with Gasteiger partial charge in [0.2, 0.25) is 5.91 Å². The highest BCUT2D eigenvalue weighted by atomic mass is 79.9. The molecule has 0 bridgehead atoms. The number of aromatic hydroxyl groups is 1. The number of phenolic OH excluding ortho intramolecular Hbond substituents is 1. The number of phenols is 1. The minimum atomic E-state index is -4.53. The van der Waals surface area contributed by atoms with E-state index in [2.05, 4.69) is 49.1 Å². The molecule has 2 heterocycles. The molecule has 32 heavy (non-hydrogen) atoms. The van der Waals surface area contributed by atoms with Gasteiger partial charge < -0.3 is 15.3 Å². The van der Waals surface area contributed by atoms with Crippen molar-refractivity contribution in [1.82, 2.24) is 10.3 Å². The van der Waals surface area contributed by atoms with Crippen LogP contribution in [0.1, 0.15) is 49.4 Å². The lowest BCUT2D eigenvalue weighted by molar-refractivity contribution is -0.141. The van der Waals surface area contributed by atoms with Crippen LogP contribution >= 0.6 is 31.9 Å². The number of nitrogens with one attached hydrogen (secondary N) is 1. The fraction of sp³-hybridized carbons (Fsp3) is 0.455. The van der Waals surface area contributed by atoms with E-state index in [1.54, 1.807) is 19.1 Å². The van der Waals surface area contributed by atoms with Gasteiger partial charge in [-0.05, 0) is 81.3 Å². The summed E-state index contributed by atoms with van der Waals surface area (Å²) in [4.78, 5) is 18.5. The highest BCUT2D eigenvalue weighted by Crippen LogP contribution is 2.36. The number of rotatable bonds is 5. The molecule has 2 N–H and O–H groups in total. The molecule has 0 radical (unpaired) electrons. The van der Waals surface area contributed by atoms with E-state index < -0.39 is 17.8 Å². The molecule has 0 spiro atoms. The Balaban J connectivity index is 1.79. The third-order valence-corrected chi connectivity index (χ3v) is 6.92. The Morgan fingerprint density at radius 2 is 1.84 bits per heavy atom. The van der Waals surface area contributed by atoms with E-state index >= 15 is 0 Å². The van der Waals surface area contributed by atoms with Crippen molar-refractivity contribution in [3.05, 3.63) is 50.0 Å². The Kier molecular flexibility index (Phi) is 7.75. The molecular weight excluding hydrogens is 555 g/mol. The first-order valence-corrected chi connectivity index (χ1v) is 11.8. The van der Waals surface area contributed by atoms with Crippen molar-refractivity contribution in [3.8, 4) is 5.75 Å². The van der Waals surface area contributed by atoms with Gasteiger partial charge in [-0.25, -0.2) is 4.98 Å². The van der Waals surface area contributed by atoms with Crippen LogP contribution in [0.15, 0.2) is 33.2 Å². The number of halogens is 5. The average molecular weight is 579 g/mol. The van der Waals surface area contributed by atoms with Crippen LogP contribution in [-0.2, 0) is 17.5 Å². The molecule has 1 amide bonds. The van der Waals surface area contributed by atoms with Crippen molar-refractivity contribution in [2.24, 2.45) is 5.92 Å². The van der Waals surface area contributed by atoms with Gasteiger partial charge in [0.1, 0.15) is 17.3 Å². The monoisotopic (exact) mass is 577 g/mol. The first-order valence-electron chi connectivity index (χ1n) is 10.2. The molecule has 1 saturated heterocycles. The zero-order valence-electron chi connectivity index (χ0n) is 17.6. The summed E-state index contributed by atoms with van der Waals surface area (Å²) >= 11 is 6.51. The summed E-state index contributed by atoms with van der Waals surface area (Å²) in [6.45, 7) is 5.17. The lowest BCUT2D eigenvalue weighted by atomic mass is 9.98. The van der Waals surface area contributed by atoms with E-state index in [0.29, 0.717) is 39.1 Å². The Bertz CT molecular complexity index is 970. The van der Waals surface area contributed by atoms with E-state index in [-0.39, 0.29) is 24.0 Å². The number of alkyl halides is 3. The lowest BCUT2D eigenvalue weighted by Crippen LogP contribution is -2.35. The van der Waals surface area contributed by atoms with E-state index in [1.807, 2.05) is 4.90 Å². The summed E-state index contributed by atoms with van der Waals surface area (Å²) in [7, 11) is 0. The first-order chi connectivity index (χ1) is 15.0. The molecule has 1 aromatic carbocycles. The number of aromatic nitrogens is 1. The minimum absolute atomic E-state index is 0.0395. The maximum atomic E-state index is 13.3. The number of carbonyl (C=O) groups is 1. The summed E-state index contributed by atoms with van der Waals surface area (Å²) < 4.78 is 40.7. The Morgan fingerprint density at radius 3 is 2.41 bits per heavy atom.